The van der Waals surface area contributed by atoms with E-state index in [1.807, 2.05) is 30.6 Å². The van der Waals surface area contributed by atoms with E-state index < -0.39 is 0 Å². The molecule has 0 bridgehead atoms. The van der Waals surface area contributed by atoms with Crippen molar-refractivity contribution in [1.82, 2.24) is 19.9 Å². The molecule has 0 saturated heterocycles. The van der Waals surface area contributed by atoms with E-state index in [0.717, 1.165) is 39.0 Å². The molecule has 0 spiro atoms. The normalized spacial score (nSPS) is 11.9. The van der Waals surface area contributed by atoms with Crippen molar-refractivity contribution in [2.75, 3.05) is 11.1 Å². The van der Waals surface area contributed by atoms with Crippen LogP contribution in [0.1, 0.15) is 24.2 Å². The first kappa shape index (κ1) is 20.8. The van der Waals surface area contributed by atoms with Gasteiger partial charge in [-0.1, -0.05) is 24.3 Å². The highest BCUT2D eigenvalue weighted by atomic mass is 32.1. The maximum Gasteiger partial charge on any atom is 0.228 e. The van der Waals surface area contributed by atoms with Crippen LogP contribution in [0, 0.1) is 6.92 Å². The third kappa shape index (κ3) is 4.20. The molecule has 5 aromatic rings. The quantitative estimate of drug-likeness (QED) is 0.324. The largest absolute Gasteiger partial charge is 0.437 e. The number of nitrogens with two attached hydrogens (primary N) is 1. The highest BCUT2D eigenvalue weighted by Crippen LogP contribution is 2.39. The van der Waals surface area contributed by atoms with Gasteiger partial charge in [0.05, 0.1) is 28.5 Å². The van der Waals surface area contributed by atoms with Crippen LogP contribution in [-0.4, -0.2) is 19.9 Å². The number of benzene rings is 2. The molecule has 0 aliphatic heterocycles. The molecule has 164 valence electrons. The lowest BCUT2D eigenvalue weighted by atomic mass is 10.0. The summed E-state index contributed by atoms with van der Waals surface area (Å²) in [7, 11) is 0. The number of nitrogens with one attached hydrogen (secondary N) is 1. The van der Waals surface area contributed by atoms with E-state index in [0.29, 0.717) is 11.6 Å². The molecule has 0 unspecified atom stereocenters. The van der Waals surface area contributed by atoms with Crippen LogP contribution in [0.15, 0.2) is 71.8 Å². The summed E-state index contributed by atoms with van der Waals surface area (Å²) >= 11 is 1.59. The second-order valence-corrected chi connectivity index (χ2v) is 8.37. The average Bonchev–Trinajstić information content (AvgIpc) is 3.37. The molecule has 2 aromatic carbocycles. The number of ether oxygens (including phenoxy) is 1. The Balaban J connectivity index is 1.56. The molecule has 0 saturated carbocycles. The summed E-state index contributed by atoms with van der Waals surface area (Å²) in [5, 5.41) is 7.69. The van der Waals surface area contributed by atoms with Crippen molar-refractivity contribution in [3.05, 3.63) is 83.1 Å². The van der Waals surface area contributed by atoms with E-state index in [-0.39, 0.29) is 12.0 Å². The van der Waals surface area contributed by atoms with Gasteiger partial charge in [0.25, 0.3) is 0 Å². The van der Waals surface area contributed by atoms with Crippen molar-refractivity contribution >= 4 is 33.7 Å². The summed E-state index contributed by atoms with van der Waals surface area (Å²) in [6.45, 7) is 4.13. The lowest BCUT2D eigenvalue weighted by Gasteiger charge is -2.18. The summed E-state index contributed by atoms with van der Waals surface area (Å²) in [5.41, 5.74) is 12.1. The van der Waals surface area contributed by atoms with Crippen LogP contribution in [0.4, 0.5) is 11.6 Å². The summed E-state index contributed by atoms with van der Waals surface area (Å²) in [4.78, 5) is 17.2. The van der Waals surface area contributed by atoms with E-state index in [9.17, 15) is 0 Å². The molecule has 0 aliphatic carbocycles. The highest BCUT2D eigenvalue weighted by molar-refractivity contribution is 7.07. The molecule has 0 amide bonds. The molecule has 7 nitrogen and oxygen atoms in total. The van der Waals surface area contributed by atoms with Crippen LogP contribution in [0.5, 0.6) is 11.6 Å². The van der Waals surface area contributed by atoms with Crippen LogP contribution in [0.3, 0.4) is 0 Å². The zero-order chi connectivity index (χ0) is 22.8. The van der Waals surface area contributed by atoms with Crippen molar-refractivity contribution in [3.63, 3.8) is 0 Å². The molecule has 8 heteroatoms. The fraction of sp³-hybridized carbons (Fsp3) is 0.120. The number of nitrogen functional groups attached to an aromatic ring is 1. The summed E-state index contributed by atoms with van der Waals surface area (Å²) in [6, 6.07) is 15.9. The van der Waals surface area contributed by atoms with E-state index in [1.165, 1.54) is 0 Å². The van der Waals surface area contributed by atoms with Gasteiger partial charge < -0.3 is 15.8 Å². The minimum absolute atomic E-state index is 0.0816. The number of anilines is 2. The van der Waals surface area contributed by atoms with Gasteiger partial charge in [-0.05, 0) is 43.7 Å². The third-order valence-corrected chi connectivity index (χ3v) is 6.00. The first-order chi connectivity index (χ1) is 16.1. The van der Waals surface area contributed by atoms with E-state index in [2.05, 4.69) is 61.8 Å². The number of fused-ring (bicyclic) bond motifs is 1. The second kappa shape index (κ2) is 8.84. The first-order valence-electron chi connectivity index (χ1n) is 10.5. The first-order valence-corrected chi connectivity index (χ1v) is 11.4. The van der Waals surface area contributed by atoms with Gasteiger partial charge in [0.15, 0.2) is 0 Å². The maximum absolute atomic E-state index is 6.43. The molecule has 0 aliphatic rings. The number of aryl methyl sites for hydroxylation is 1. The van der Waals surface area contributed by atoms with E-state index in [4.69, 9.17) is 10.5 Å². The zero-order valence-corrected chi connectivity index (χ0v) is 19.0. The van der Waals surface area contributed by atoms with Crippen molar-refractivity contribution in [2.45, 2.75) is 19.9 Å². The van der Waals surface area contributed by atoms with Crippen molar-refractivity contribution in [2.24, 2.45) is 0 Å². The number of hydrogen-bond donors (Lipinski definition) is 2. The minimum Gasteiger partial charge on any atom is -0.437 e. The lowest BCUT2D eigenvalue weighted by Crippen LogP contribution is -2.07. The van der Waals surface area contributed by atoms with Gasteiger partial charge in [0.2, 0.25) is 11.8 Å². The second-order valence-electron chi connectivity index (χ2n) is 7.65. The van der Waals surface area contributed by atoms with E-state index in [1.54, 1.807) is 29.8 Å². The zero-order valence-electron chi connectivity index (χ0n) is 18.2. The van der Waals surface area contributed by atoms with Gasteiger partial charge in [-0.2, -0.15) is 0 Å². The molecular weight excluding hydrogens is 432 g/mol. The maximum atomic E-state index is 6.43. The molecule has 33 heavy (non-hydrogen) atoms. The molecule has 3 heterocycles. The lowest BCUT2D eigenvalue weighted by molar-refractivity contribution is 0.466. The molecule has 1 atom stereocenters. The predicted molar refractivity (Wildman–Crippen MR) is 133 cm³/mol. The Kier molecular flexibility index (Phi) is 5.58. The SMILES string of the molecule is Cc1ccc2c(N[C@H](C)c3cscn3)cccc2c1Oc1ncccc1-c1ccnc(N)n1. The number of nitrogens with zero attached hydrogens (tertiary/aromatic N) is 4. The predicted octanol–water partition coefficient (Wildman–Crippen LogP) is 6.00. The molecule has 3 aromatic heterocycles. The van der Waals surface area contributed by atoms with Gasteiger partial charge >= 0.3 is 0 Å². The third-order valence-electron chi connectivity index (χ3n) is 5.40. The standard InChI is InChI=1S/C25H22N6OS/c1-15-8-9-17-18(5-3-7-20(17)30-16(2)22-13-33-14-29-22)23(15)32-24-19(6-4-11-27-24)21-10-12-28-25(26)31-21/h3-14,16,30H,1-2H3,(H2,26,28,31)/t16-/m1/s1. The van der Waals surface area contributed by atoms with Crippen LogP contribution in [0.2, 0.25) is 0 Å². The number of aromatic nitrogens is 4. The number of pyridine rings is 1. The van der Waals surface area contributed by atoms with Crippen LogP contribution < -0.4 is 15.8 Å². The van der Waals surface area contributed by atoms with Crippen LogP contribution in [-0.2, 0) is 0 Å². The molecular formula is C25H22N6OS. The van der Waals surface area contributed by atoms with E-state index >= 15 is 0 Å². The van der Waals surface area contributed by atoms with Gasteiger partial charge in [0, 0.05) is 34.2 Å². The van der Waals surface area contributed by atoms with Crippen LogP contribution >= 0.6 is 11.3 Å². The molecule has 0 fully saturated rings. The topological polar surface area (TPSA) is 98.8 Å². The Labute approximate surface area is 195 Å². The monoisotopic (exact) mass is 454 g/mol. The van der Waals surface area contributed by atoms with Gasteiger partial charge in [0.1, 0.15) is 5.75 Å². The molecule has 5 rings (SSSR count). The fourth-order valence-corrected chi connectivity index (χ4v) is 4.38. The van der Waals surface area contributed by atoms with Crippen LogP contribution in [0.25, 0.3) is 22.0 Å². The van der Waals surface area contributed by atoms with Gasteiger partial charge in [-0.25, -0.2) is 19.9 Å². The Morgan fingerprint density at radius 1 is 0.970 bits per heavy atom. The Morgan fingerprint density at radius 2 is 1.88 bits per heavy atom. The minimum atomic E-state index is 0.0816. The number of thiazole rings is 1. The summed E-state index contributed by atoms with van der Waals surface area (Å²) in [5.74, 6) is 1.41. The van der Waals surface area contributed by atoms with Gasteiger partial charge in [-0.15, -0.1) is 11.3 Å². The molecule has 3 N–H and O–H groups in total. The Morgan fingerprint density at radius 3 is 2.70 bits per heavy atom. The van der Waals surface area contributed by atoms with Crippen molar-refractivity contribution in [1.29, 1.82) is 0 Å². The van der Waals surface area contributed by atoms with Gasteiger partial charge in [-0.3, -0.25) is 0 Å². The molecule has 0 radical (unpaired) electrons. The highest BCUT2D eigenvalue weighted by Gasteiger charge is 2.16. The number of hydrogen-bond acceptors (Lipinski definition) is 8. The average molecular weight is 455 g/mol. The summed E-state index contributed by atoms with van der Waals surface area (Å²) < 4.78 is 6.43. The summed E-state index contributed by atoms with van der Waals surface area (Å²) in [6.07, 6.45) is 3.32. The number of rotatable bonds is 6. The Hall–Kier alpha value is -4.04. The van der Waals surface area contributed by atoms with Crippen molar-refractivity contribution < 1.29 is 4.74 Å². The Bertz CT molecular complexity index is 1420. The smallest absolute Gasteiger partial charge is 0.228 e. The fourth-order valence-electron chi connectivity index (χ4n) is 3.73. The van der Waals surface area contributed by atoms with Crippen molar-refractivity contribution in [3.8, 4) is 22.9 Å².